The fourth-order valence-electron chi connectivity index (χ4n) is 2.65. The maximum absolute atomic E-state index is 11.2. The summed E-state index contributed by atoms with van der Waals surface area (Å²) >= 11 is 6.15. The van der Waals surface area contributed by atoms with E-state index in [1.807, 2.05) is 30.3 Å². The van der Waals surface area contributed by atoms with Gasteiger partial charge in [0.2, 0.25) is 5.91 Å². The Morgan fingerprint density at radius 2 is 1.70 bits per heavy atom. The zero-order valence-electron chi connectivity index (χ0n) is 14.8. The minimum Gasteiger partial charge on any atom is -0.456 e. The van der Waals surface area contributed by atoms with Crippen molar-refractivity contribution in [2.24, 2.45) is 5.73 Å². The van der Waals surface area contributed by atoms with Crippen LogP contribution in [0.3, 0.4) is 0 Å². The van der Waals surface area contributed by atoms with Crippen molar-refractivity contribution in [2.75, 3.05) is 6.54 Å². The fourth-order valence-corrected chi connectivity index (χ4v) is 2.87. The number of rotatable bonds is 8. The van der Waals surface area contributed by atoms with E-state index in [0.29, 0.717) is 22.1 Å². The number of nitrogens with two attached hydrogens (primary N) is 1. The van der Waals surface area contributed by atoms with Gasteiger partial charge in [-0.25, -0.2) is 0 Å². The molecule has 0 unspecified atom stereocenters. The summed E-state index contributed by atoms with van der Waals surface area (Å²) in [5.41, 5.74) is 8.09. The number of primary amides is 1. The van der Waals surface area contributed by atoms with E-state index in [9.17, 15) is 4.79 Å². The van der Waals surface area contributed by atoms with Gasteiger partial charge in [0.25, 0.3) is 0 Å². The van der Waals surface area contributed by atoms with E-state index in [1.165, 1.54) is 17.2 Å². The first-order valence-corrected chi connectivity index (χ1v) is 9.10. The molecule has 27 heavy (non-hydrogen) atoms. The lowest BCUT2D eigenvalue weighted by Crippen LogP contribution is -2.16. The molecule has 0 aromatic heterocycles. The number of halogens is 1. The van der Waals surface area contributed by atoms with Gasteiger partial charge in [0.05, 0.1) is 5.02 Å². The number of nitrogens with one attached hydrogen (secondary N) is 1. The van der Waals surface area contributed by atoms with Crippen molar-refractivity contribution in [1.82, 2.24) is 5.32 Å². The molecule has 1 amide bonds. The Morgan fingerprint density at radius 3 is 2.37 bits per heavy atom. The molecular weight excluding hydrogens is 360 g/mol. The summed E-state index contributed by atoms with van der Waals surface area (Å²) in [6, 6.07) is 23.0. The Labute approximate surface area is 163 Å². The Bertz CT molecular complexity index is 896. The summed E-state index contributed by atoms with van der Waals surface area (Å²) in [7, 11) is 0. The van der Waals surface area contributed by atoms with Gasteiger partial charge in [-0.2, -0.15) is 0 Å². The lowest BCUT2D eigenvalue weighted by Gasteiger charge is -2.10. The van der Waals surface area contributed by atoms with E-state index in [4.69, 9.17) is 22.1 Å². The zero-order valence-corrected chi connectivity index (χ0v) is 15.6. The summed E-state index contributed by atoms with van der Waals surface area (Å²) in [5, 5.41) is 3.78. The molecule has 5 heteroatoms. The molecule has 0 bridgehead atoms. The highest BCUT2D eigenvalue weighted by molar-refractivity contribution is 6.32. The number of carbonyl (C=O) groups is 1. The fraction of sp³-hybridized carbons (Fsp3) is 0.136. The third kappa shape index (κ3) is 5.58. The third-order valence-corrected chi connectivity index (χ3v) is 4.43. The first kappa shape index (κ1) is 19.0. The van der Waals surface area contributed by atoms with Gasteiger partial charge in [-0.05, 0) is 54.4 Å². The number of ether oxygens (including phenoxy) is 1. The van der Waals surface area contributed by atoms with Crippen LogP contribution in [0.5, 0.6) is 11.5 Å². The molecule has 0 aliphatic heterocycles. The summed E-state index contributed by atoms with van der Waals surface area (Å²) in [5.74, 6) is 0.639. The van der Waals surface area contributed by atoms with E-state index in [-0.39, 0.29) is 0 Å². The highest BCUT2D eigenvalue weighted by Crippen LogP contribution is 2.30. The molecule has 138 valence electrons. The van der Waals surface area contributed by atoms with E-state index < -0.39 is 5.91 Å². The normalized spacial score (nSPS) is 10.6. The smallest absolute Gasteiger partial charge is 0.248 e. The molecule has 0 radical (unpaired) electrons. The average Bonchev–Trinajstić information content (AvgIpc) is 2.68. The van der Waals surface area contributed by atoms with Crippen LogP contribution in [-0.4, -0.2) is 12.5 Å². The van der Waals surface area contributed by atoms with Gasteiger partial charge in [0.15, 0.2) is 0 Å². The topological polar surface area (TPSA) is 64.4 Å². The molecule has 0 atom stereocenters. The van der Waals surface area contributed by atoms with Crippen LogP contribution < -0.4 is 15.8 Å². The van der Waals surface area contributed by atoms with Gasteiger partial charge in [-0.15, -0.1) is 0 Å². The molecule has 0 saturated carbocycles. The van der Waals surface area contributed by atoms with E-state index >= 15 is 0 Å². The van der Waals surface area contributed by atoms with Crippen molar-refractivity contribution in [2.45, 2.75) is 13.0 Å². The van der Waals surface area contributed by atoms with Crippen LogP contribution >= 0.6 is 11.6 Å². The van der Waals surface area contributed by atoms with Crippen LogP contribution in [0.15, 0.2) is 72.8 Å². The molecule has 3 aromatic rings. The zero-order chi connectivity index (χ0) is 19.1. The first-order chi connectivity index (χ1) is 13.1. The molecule has 3 aromatic carbocycles. The van der Waals surface area contributed by atoms with Crippen molar-refractivity contribution in [3.8, 4) is 11.5 Å². The van der Waals surface area contributed by atoms with E-state index in [0.717, 1.165) is 19.5 Å². The van der Waals surface area contributed by atoms with Crippen LogP contribution in [0.25, 0.3) is 0 Å². The second-order valence-corrected chi connectivity index (χ2v) is 6.58. The van der Waals surface area contributed by atoms with Gasteiger partial charge in [-0.1, -0.05) is 54.1 Å². The Kier molecular flexibility index (Phi) is 6.47. The van der Waals surface area contributed by atoms with Gasteiger partial charge in [0, 0.05) is 12.1 Å². The Balaban J connectivity index is 1.50. The molecule has 3 N–H and O–H groups in total. The maximum atomic E-state index is 11.2. The minimum atomic E-state index is -0.521. The van der Waals surface area contributed by atoms with Crippen molar-refractivity contribution in [3.63, 3.8) is 0 Å². The van der Waals surface area contributed by atoms with Crippen LogP contribution in [0, 0.1) is 0 Å². The molecule has 0 fully saturated rings. The van der Waals surface area contributed by atoms with E-state index in [2.05, 4.69) is 29.6 Å². The maximum Gasteiger partial charge on any atom is 0.248 e. The number of hydrogen-bond acceptors (Lipinski definition) is 3. The van der Waals surface area contributed by atoms with Gasteiger partial charge in [-0.3, -0.25) is 4.79 Å². The summed E-state index contributed by atoms with van der Waals surface area (Å²) < 4.78 is 5.78. The first-order valence-electron chi connectivity index (χ1n) is 8.72. The van der Waals surface area contributed by atoms with Crippen LogP contribution in [-0.2, 0) is 13.0 Å². The highest BCUT2D eigenvalue weighted by atomic mass is 35.5. The van der Waals surface area contributed by atoms with E-state index in [1.54, 1.807) is 12.1 Å². The molecule has 4 nitrogen and oxygen atoms in total. The third-order valence-electron chi connectivity index (χ3n) is 4.13. The van der Waals surface area contributed by atoms with Gasteiger partial charge >= 0.3 is 0 Å². The molecular formula is C22H21ClN2O2. The summed E-state index contributed by atoms with van der Waals surface area (Å²) in [4.78, 5) is 11.2. The predicted octanol–water partition coefficient (Wildman–Crippen LogP) is 4.56. The van der Waals surface area contributed by atoms with Gasteiger partial charge in [0.1, 0.15) is 11.5 Å². The second-order valence-electron chi connectivity index (χ2n) is 6.17. The van der Waals surface area contributed by atoms with Crippen molar-refractivity contribution < 1.29 is 9.53 Å². The average molecular weight is 381 g/mol. The number of benzene rings is 3. The summed E-state index contributed by atoms with van der Waals surface area (Å²) in [6.45, 7) is 1.71. The van der Waals surface area contributed by atoms with Gasteiger partial charge < -0.3 is 15.8 Å². The lowest BCUT2D eigenvalue weighted by atomic mass is 10.1. The second kappa shape index (κ2) is 9.21. The number of hydrogen-bond donors (Lipinski definition) is 2. The molecule has 0 aliphatic carbocycles. The largest absolute Gasteiger partial charge is 0.456 e. The quantitative estimate of drug-likeness (QED) is 0.563. The standard InChI is InChI=1S/C22H21ClN2O2/c23-20-14-18(22(24)26)8-11-21(20)27-19-9-6-17(7-10-19)15-25-13-12-16-4-2-1-3-5-16/h1-11,14,25H,12-13,15H2,(H2,24,26). The predicted molar refractivity (Wildman–Crippen MR) is 108 cm³/mol. The van der Waals surface area contributed by atoms with Crippen LogP contribution in [0.2, 0.25) is 5.02 Å². The van der Waals surface area contributed by atoms with Crippen molar-refractivity contribution in [3.05, 3.63) is 94.5 Å². The number of carbonyl (C=O) groups excluding carboxylic acids is 1. The Morgan fingerprint density at radius 1 is 0.963 bits per heavy atom. The molecule has 0 aliphatic rings. The summed E-state index contributed by atoms with van der Waals surface area (Å²) in [6.07, 6.45) is 1.00. The monoisotopic (exact) mass is 380 g/mol. The van der Waals surface area contributed by atoms with Crippen LogP contribution in [0.1, 0.15) is 21.5 Å². The SMILES string of the molecule is NC(=O)c1ccc(Oc2ccc(CNCCc3ccccc3)cc2)c(Cl)c1. The molecule has 0 saturated heterocycles. The highest BCUT2D eigenvalue weighted by Gasteiger charge is 2.07. The minimum absolute atomic E-state index is 0.345. The molecule has 3 rings (SSSR count). The molecule has 0 spiro atoms. The lowest BCUT2D eigenvalue weighted by molar-refractivity contribution is 0.100. The van der Waals surface area contributed by atoms with Crippen molar-refractivity contribution >= 4 is 17.5 Å². The Hall–Kier alpha value is -2.82. The molecule has 0 heterocycles. The number of amides is 1. The van der Waals surface area contributed by atoms with Crippen molar-refractivity contribution in [1.29, 1.82) is 0 Å². The van der Waals surface area contributed by atoms with Crippen LogP contribution in [0.4, 0.5) is 0 Å².